The fourth-order valence-electron chi connectivity index (χ4n) is 4.61. The van der Waals surface area contributed by atoms with Gasteiger partial charge in [-0.15, -0.1) is 0 Å². The summed E-state index contributed by atoms with van der Waals surface area (Å²) in [6.07, 6.45) is -1.73. The lowest BCUT2D eigenvalue weighted by Crippen LogP contribution is -2.61. The Balaban J connectivity index is 2.12. The van der Waals surface area contributed by atoms with Crippen molar-refractivity contribution in [2.45, 2.75) is 52.7 Å². The smallest absolute Gasteiger partial charge is 0.421 e. The minimum absolute atomic E-state index is 0.102. The van der Waals surface area contributed by atoms with Gasteiger partial charge in [-0.3, -0.25) is 14.4 Å². The van der Waals surface area contributed by atoms with E-state index < -0.39 is 34.8 Å². The van der Waals surface area contributed by atoms with Crippen LogP contribution in [-0.2, 0) is 21.0 Å². The number of benzene rings is 1. The maximum absolute atomic E-state index is 13.2. The van der Waals surface area contributed by atoms with Crippen LogP contribution >= 0.6 is 0 Å². The Morgan fingerprint density at radius 1 is 1.14 bits per heavy atom. The first-order valence-corrected chi connectivity index (χ1v) is 9.15. The van der Waals surface area contributed by atoms with E-state index in [-0.39, 0.29) is 36.7 Å². The quantitative estimate of drug-likeness (QED) is 0.750. The maximum Gasteiger partial charge on any atom is 0.421 e. The SMILES string of the molecule is CC(C)(C)C1N(c2ccc(CO)cc2)C(=O)CC12CCC(=O)N(C(=O)O)C2=O. The van der Waals surface area contributed by atoms with Gasteiger partial charge in [0.2, 0.25) is 17.7 Å². The molecule has 1 spiro atoms. The lowest BCUT2D eigenvalue weighted by Gasteiger charge is -2.46. The molecule has 2 aliphatic rings. The van der Waals surface area contributed by atoms with Crippen molar-refractivity contribution in [1.29, 1.82) is 0 Å². The van der Waals surface area contributed by atoms with E-state index in [0.717, 1.165) is 0 Å². The Bertz CT molecular complexity index is 841. The van der Waals surface area contributed by atoms with Gasteiger partial charge >= 0.3 is 6.09 Å². The number of likely N-dealkylation sites (tertiary alicyclic amines) is 1. The van der Waals surface area contributed by atoms with Crippen LogP contribution in [0.15, 0.2) is 24.3 Å². The zero-order chi connectivity index (χ0) is 20.9. The lowest BCUT2D eigenvalue weighted by atomic mass is 9.64. The first-order valence-electron chi connectivity index (χ1n) is 9.15. The summed E-state index contributed by atoms with van der Waals surface area (Å²) in [7, 11) is 0. The van der Waals surface area contributed by atoms with Crippen LogP contribution in [0.1, 0.15) is 45.6 Å². The average molecular weight is 388 g/mol. The van der Waals surface area contributed by atoms with E-state index in [1.807, 2.05) is 20.8 Å². The van der Waals surface area contributed by atoms with E-state index in [2.05, 4.69) is 0 Å². The molecule has 0 saturated carbocycles. The molecule has 2 unspecified atom stereocenters. The fourth-order valence-corrected chi connectivity index (χ4v) is 4.61. The van der Waals surface area contributed by atoms with E-state index >= 15 is 0 Å². The van der Waals surface area contributed by atoms with E-state index in [0.29, 0.717) is 11.3 Å². The van der Waals surface area contributed by atoms with Crippen molar-refractivity contribution < 1.29 is 29.4 Å². The van der Waals surface area contributed by atoms with Gasteiger partial charge in [-0.05, 0) is 29.5 Å². The normalized spacial score (nSPS) is 25.7. The molecule has 28 heavy (non-hydrogen) atoms. The van der Waals surface area contributed by atoms with E-state index in [1.54, 1.807) is 29.2 Å². The van der Waals surface area contributed by atoms with E-state index in [1.165, 1.54) is 0 Å². The Morgan fingerprint density at radius 3 is 2.25 bits per heavy atom. The average Bonchev–Trinajstić information content (AvgIpc) is 2.92. The first-order chi connectivity index (χ1) is 13.0. The van der Waals surface area contributed by atoms with Crippen LogP contribution in [0.3, 0.4) is 0 Å². The van der Waals surface area contributed by atoms with Crippen molar-refractivity contribution in [3.8, 4) is 0 Å². The van der Waals surface area contributed by atoms with Crippen LogP contribution in [-0.4, -0.2) is 45.0 Å². The van der Waals surface area contributed by atoms with Gasteiger partial charge in [0.1, 0.15) is 0 Å². The molecule has 2 heterocycles. The lowest BCUT2D eigenvalue weighted by molar-refractivity contribution is -0.156. The van der Waals surface area contributed by atoms with Crippen molar-refractivity contribution in [3.05, 3.63) is 29.8 Å². The topological polar surface area (TPSA) is 115 Å². The number of hydrogen-bond acceptors (Lipinski definition) is 5. The number of carbonyl (C=O) groups excluding carboxylic acids is 3. The second-order valence-corrected chi connectivity index (χ2v) is 8.51. The number of hydrogen-bond donors (Lipinski definition) is 2. The highest BCUT2D eigenvalue weighted by atomic mass is 16.4. The monoisotopic (exact) mass is 388 g/mol. The summed E-state index contributed by atoms with van der Waals surface area (Å²) < 4.78 is 0. The van der Waals surface area contributed by atoms with Crippen LogP contribution in [0.5, 0.6) is 0 Å². The minimum Gasteiger partial charge on any atom is -0.464 e. The zero-order valence-electron chi connectivity index (χ0n) is 16.1. The molecule has 8 heteroatoms. The van der Waals surface area contributed by atoms with Crippen LogP contribution in [0.25, 0.3) is 0 Å². The predicted molar refractivity (Wildman–Crippen MR) is 99.3 cm³/mol. The number of piperidine rings is 1. The third-order valence-electron chi connectivity index (χ3n) is 5.59. The van der Waals surface area contributed by atoms with Crippen molar-refractivity contribution in [1.82, 2.24) is 4.90 Å². The molecular weight excluding hydrogens is 364 g/mol. The predicted octanol–water partition coefficient (Wildman–Crippen LogP) is 2.14. The fraction of sp³-hybridized carbons (Fsp3) is 0.500. The highest BCUT2D eigenvalue weighted by Gasteiger charge is 2.64. The summed E-state index contributed by atoms with van der Waals surface area (Å²) in [4.78, 5) is 51.6. The molecule has 0 radical (unpaired) electrons. The molecule has 150 valence electrons. The number of anilines is 1. The van der Waals surface area contributed by atoms with Crippen LogP contribution in [0, 0.1) is 10.8 Å². The minimum atomic E-state index is -1.61. The van der Waals surface area contributed by atoms with Gasteiger partial charge in [0.15, 0.2) is 0 Å². The molecule has 2 saturated heterocycles. The number of carboxylic acid groups (broad SMARTS) is 1. The van der Waals surface area contributed by atoms with Gasteiger partial charge in [0.25, 0.3) is 0 Å². The molecule has 2 fully saturated rings. The van der Waals surface area contributed by atoms with Crippen molar-refractivity contribution in [2.24, 2.45) is 10.8 Å². The van der Waals surface area contributed by atoms with Gasteiger partial charge in [-0.1, -0.05) is 32.9 Å². The Kier molecular flexibility index (Phi) is 4.79. The highest BCUT2D eigenvalue weighted by Crippen LogP contribution is 2.53. The Hall–Kier alpha value is -2.74. The number of rotatable bonds is 2. The number of imide groups is 3. The number of nitrogens with zero attached hydrogens (tertiary/aromatic N) is 2. The maximum atomic E-state index is 13.2. The summed E-state index contributed by atoms with van der Waals surface area (Å²) in [5.74, 6) is -1.86. The second kappa shape index (κ2) is 6.70. The van der Waals surface area contributed by atoms with Gasteiger partial charge in [0, 0.05) is 18.5 Å². The molecule has 4 amide bonds. The number of aliphatic hydroxyl groups is 1. The molecule has 8 nitrogen and oxygen atoms in total. The summed E-state index contributed by atoms with van der Waals surface area (Å²) in [6, 6.07) is 6.19. The van der Waals surface area contributed by atoms with Crippen LogP contribution in [0.4, 0.5) is 10.5 Å². The molecule has 2 atom stereocenters. The number of carbonyl (C=O) groups is 4. The molecule has 3 rings (SSSR count). The third kappa shape index (κ3) is 2.97. The summed E-state index contributed by atoms with van der Waals surface area (Å²) >= 11 is 0. The zero-order valence-corrected chi connectivity index (χ0v) is 16.1. The van der Waals surface area contributed by atoms with Crippen LogP contribution < -0.4 is 4.90 Å². The molecule has 1 aromatic rings. The third-order valence-corrected chi connectivity index (χ3v) is 5.59. The Morgan fingerprint density at radius 2 is 1.75 bits per heavy atom. The largest absolute Gasteiger partial charge is 0.464 e. The molecular formula is C20H24N2O6. The molecule has 0 aromatic heterocycles. The van der Waals surface area contributed by atoms with Gasteiger partial charge in [0.05, 0.1) is 18.1 Å². The molecule has 2 N–H and O–H groups in total. The van der Waals surface area contributed by atoms with Crippen molar-refractivity contribution in [3.63, 3.8) is 0 Å². The summed E-state index contributed by atoms with van der Waals surface area (Å²) in [6.45, 7) is 5.54. The molecule has 0 bridgehead atoms. The first kappa shape index (κ1) is 20.0. The Labute approximate surface area is 162 Å². The van der Waals surface area contributed by atoms with Crippen molar-refractivity contribution in [2.75, 3.05) is 4.90 Å². The second-order valence-electron chi connectivity index (χ2n) is 8.51. The van der Waals surface area contributed by atoms with Gasteiger partial charge < -0.3 is 15.1 Å². The molecule has 2 aliphatic heterocycles. The standard InChI is InChI=1S/C20H24N2O6/c1-19(2,3)16-20(9-8-14(24)22(17(20)26)18(27)28)10-15(25)21(16)13-6-4-12(11-23)5-7-13/h4-7,16,23H,8-11H2,1-3H3,(H,27,28). The molecule has 1 aromatic carbocycles. The summed E-state index contributed by atoms with van der Waals surface area (Å²) in [5, 5.41) is 18.6. The number of amides is 4. The number of aliphatic hydroxyl groups excluding tert-OH is 1. The van der Waals surface area contributed by atoms with Gasteiger partial charge in [-0.2, -0.15) is 4.90 Å². The molecule has 0 aliphatic carbocycles. The van der Waals surface area contributed by atoms with Crippen LogP contribution in [0.2, 0.25) is 0 Å². The van der Waals surface area contributed by atoms with Crippen molar-refractivity contribution >= 4 is 29.5 Å². The highest BCUT2D eigenvalue weighted by molar-refractivity contribution is 6.15. The summed E-state index contributed by atoms with van der Waals surface area (Å²) in [5.41, 5.74) is -0.571. The van der Waals surface area contributed by atoms with Gasteiger partial charge in [-0.25, -0.2) is 4.79 Å². The van der Waals surface area contributed by atoms with E-state index in [9.17, 15) is 29.4 Å². The van der Waals surface area contributed by atoms with E-state index in [4.69, 9.17) is 0 Å².